The van der Waals surface area contributed by atoms with Crippen LogP contribution in [0.25, 0.3) is 0 Å². The van der Waals surface area contributed by atoms with E-state index in [0.717, 1.165) is 4.88 Å². The number of pyridine rings is 1. The highest BCUT2D eigenvalue weighted by molar-refractivity contribution is 7.89. The number of nitrogens with one attached hydrogen (secondary N) is 1. The Hall–Kier alpha value is -1.44. The van der Waals surface area contributed by atoms with Crippen molar-refractivity contribution in [2.75, 3.05) is 19.4 Å². The predicted octanol–water partition coefficient (Wildman–Crippen LogP) is 2.57. The van der Waals surface area contributed by atoms with E-state index in [1.807, 2.05) is 24.4 Å². The molecule has 1 atom stereocenters. The number of sulfonamides is 1. The van der Waals surface area contributed by atoms with Gasteiger partial charge in [0.25, 0.3) is 0 Å². The van der Waals surface area contributed by atoms with E-state index in [0.29, 0.717) is 5.82 Å². The maximum absolute atomic E-state index is 12.7. The lowest BCUT2D eigenvalue weighted by molar-refractivity contribution is 0.403. The molecule has 2 aromatic heterocycles. The first kappa shape index (κ1) is 15.0. The normalized spacial score (nSPS) is 13.4. The number of anilines is 1. The van der Waals surface area contributed by atoms with Gasteiger partial charge in [-0.15, -0.1) is 11.3 Å². The first-order valence-electron chi connectivity index (χ1n) is 6.12. The molecule has 2 aromatic rings. The van der Waals surface area contributed by atoms with Crippen LogP contribution < -0.4 is 5.32 Å². The lowest BCUT2D eigenvalue weighted by Crippen LogP contribution is -2.30. The summed E-state index contributed by atoms with van der Waals surface area (Å²) in [6.07, 6.45) is 1.56. The molecule has 20 heavy (non-hydrogen) atoms. The zero-order valence-electron chi connectivity index (χ0n) is 11.6. The van der Waals surface area contributed by atoms with Gasteiger partial charge in [0.1, 0.15) is 10.7 Å². The molecular formula is C13H17N3O2S2. The second-order valence-corrected chi connectivity index (χ2v) is 7.26. The fourth-order valence-corrected chi connectivity index (χ4v) is 4.24. The molecular weight excluding hydrogens is 294 g/mol. The summed E-state index contributed by atoms with van der Waals surface area (Å²) in [7, 11) is -0.346. The van der Waals surface area contributed by atoms with Gasteiger partial charge in [-0.2, -0.15) is 4.31 Å². The Labute approximate surface area is 123 Å². The van der Waals surface area contributed by atoms with Crippen LogP contribution in [0.1, 0.15) is 17.8 Å². The van der Waals surface area contributed by atoms with E-state index in [1.165, 1.54) is 4.31 Å². The highest BCUT2D eigenvalue weighted by Gasteiger charge is 2.29. The van der Waals surface area contributed by atoms with Gasteiger partial charge in [0, 0.05) is 25.2 Å². The second-order valence-electron chi connectivity index (χ2n) is 4.31. The average molecular weight is 311 g/mol. The van der Waals surface area contributed by atoms with E-state index in [1.54, 1.807) is 43.8 Å². The summed E-state index contributed by atoms with van der Waals surface area (Å²) >= 11 is 1.54. The predicted molar refractivity (Wildman–Crippen MR) is 81.5 cm³/mol. The van der Waals surface area contributed by atoms with Crippen molar-refractivity contribution in [3.8, 4) is 0 Å². The smallest absolute Gasteiger partial charge is 0.247 e. The van der Waals surface area contributed by atoms with E-state index in [-0.39, 0.29) is 10.9 Å². The minimum absolute atomic E-state index is 0.188. The second kappa shape index (κ2) is 5.90. The highest BCUT2D eigenvalue weighted by atomic mass is 32.2. The molecule has 0 aliphatic heterocycles. The molecule has 108 valence electrons. The number of thiophene rings is 1. The van der Waals surface area contributed by atoms with Crippen molar-refractivity contribution in [1.82, 2.24) is 9.29 Å². The van der Waals surface area contributed by atoms with Gasteiger partial charge in [-0.05, 0) is 30.5 Å². The first-order valence-corrected chi connectivity index (χ1v) is 8.44. The molecule has 2 rings (SSSR count). The molecule has 2 heterocycles. The molecule has 0 amide bonds. The Bertz CT molecular complexity index is 669. The summed E-state index contributed by atoms with van der Waals surface area (Å²) in [4.78, 5) is 5.25. The van der Waals surface area contributed by atoms with Crippen molar-refractivity contribution in [1.29, 1.82) is 0 Å². The molecule has 0 spiro atoms. The minimum Gasteiger partial charge on any atom is -0.372 e. The zero-order chi connectivity index (χ0) is 14.8. The molecule has 0 aliphatic carbocycles. The maximum atomic E-state index is 12.7. The Kier molecular flexibility index (Phi) is 4.42. The molecule has 0 saturated carbocycles. The molecule has 0 saturated heterocycles. The van der Waals surface area contributed by atoms with E-state index >= 15 is 0 Å². The minimum atomic E-state index is -3.59. The van der Waals surface area contributed by atoms with Crippen LogP contribution in [0.4, 0.5) is 5.82 Å². The van der Waals surface area contributed by atoms with Gasteiger partial charge in [-0.3, -0.25) is 0 Å². The van der Waals surface area contributed by atoms with Gasteiger partial charge in [0.2, 0.25) is 10.0 Å². The van der Waals surface area contributed by atoms with Gasteiger partial charge in [-0.1, -0.05) is 6.07 Å². The Balaban J connectivity index is 2.39. The third-order valence-corrected chi connectivity index (χ3v) is 6.17. The summed E-state index contributed by atoms with van der Waals surface area (Å²) in [5.74, 6) is 0.359. The molecule has 1 unspecified atom stereocenters. The number of hydrogen-bond donors (Lipinski definition) is 1. The number of rotatable bonds is 5. The van der Waals surface area contributed by atoms with E-state index < -0.39 is 10.0 Å². The van der Waals surface area contributed by atoms with Gasteiger partial charge < -0.3 is 5.32 Å². The van der Waals surface area contributed by atoms with Crippen LogP contribution in [-0.4, -0.2) is 31.8 Å². The SMILES string of the molecule is CNc1ncccc1S(=O)(=O)N(C)C(C)c1cccs1. The first-order chi connectivity index (χ1) is 9.48. The highest BCUT2D eigenvalue weighted by Crippen LogP contribution is 2.30. The third kappa shape index (κ3) is 2.70. The van der Waals surface area contributed by atoms with Gasteiger partial charge >= 0.3 is 0 Å². The number of aromatic nitrogens is 1. The van der Waals surface area contributed by atoms with Crippen LogP contribution in [0.5, 0.6) is 0 Å². The van der Waals surface area contributed by atoms with E-state index in [9.17, 15) is 8.42 Å². The van der Waals surface area contributed by atoms with Crippen molar-refractivity contribution in [2.24, 2.45) is 0 Å². The van der Waals surface area contributed by atoms with Crippen molar-refractivity contribution >= 4 is 27.2 Å². The van der Waals surface area contributed by atoms with Crippen LogP contribution in [0, 0.1) is 0 Å². The molecule has 0 radical (unpaired) electrons. The van der Waals surface area contributed by atoms with Crippen LogP contribution in [0.15, 0.2) is 40.7 Å². The number of nitrogens with zero attached hydrogens (tertiary/aromatic N) is 2. The summed E-state index contributed by atoms with van der Waals surface area (Å²) in [6.45, 7) is 1.87. The summed E-state index contributed by atoms with van der Waals surface area (Å²) in [6, 6.07) is 6.82. The van der Waals surface area contributed by atoms with Crippen LogP contribution in [0.2, 0.25) is 0 Å². The van der Waals surface area contributed by atoms with Crippen LogP contribution in [-0.2, 0) is 10.0 Å². The van der Waals surface area contributed by atoms with Gasteiger partial charge in [-0.25, -0.2) is 13.4 Å². The van der Waals surface area contributed by atoms with Crippen molar-refractivity contribution in [2.45, 2.75) is 17.9 Å². The Morgan fingerprint density at radius 2 is 2.10 bits per heavy atom. The average Bonchev–Trinajstić information content (AvgIpc) is 2.99. The lowest BCUT2D eigenvalue weighted by atomic mass is 10.3. The van der Waals surface area contributed by atoms with E-state index in [2.05, 4.69) is 10.3 Å². The fraction of sp³-hybridized carbons (Fsp3) is 0.308. The Morgan fingerprint density at radius 1 is 1.35 bits per heavy atom. The fourth-order valence-electron chi connectivity index (χ4n) is 1.86. The van der Waals surface area contributed by atoms with Crippen LogP contribution >= 0.6 is 11.3 Å². The van der Waals surface area contributed by atoms with Crippen molar-refractivity contribution < 1.29 is 8.42 Å². The molecule has 5 nitrogen and oxygen atoms in total. The largest absolute Gasteiger partial charge is 0.372 e. The van der Waals surface area contributed by atoms with Crippen LogP contribution in [0.3, 0.4) is 0 Å². The van der Waals surface area contributed by atoms with Crippen molar-refractivity contribution in [3.63, 3.8) is 0 Å². The molecule has 0 bridgehead atoms. The molecule has 7 heteroatoms. The monoisotopic (exact) mass is 311 g/mol. The molecule has 1 N–H and O–H groups in total. The van der Waals surface area contributed by atoms with E-state index in [4.69, 9.17) is 0 Å². The maximum Gasteiger partial charge on any atom is 0.247 e. The molecule has 0 fully saturated rings. The summed E-state index contributed by atoms with van der Waals surface area (Å²) in [5.41, 5.74) is 0. The topological polar surface area (TPSA) is 62.3 Å². The quantitative estimate of drug-likeness (QED) is 0.922. The van der Waals surface area contributed by atoms with Crippen molar-refractivity contribution in [3.05, 3.63) is 40.7 Å². The zero-order valence-corrected chi connectivity index (χ0v) is 13.2. The molecule has 0 aromatic carbocycles. The van der Waals surface area contributed by atoms with Gasteiger partial charge in [0.15, 0.2) is 0 Å². The standard InChI is InChI=1S/C13H17N3O2S2/c1-10(11-6-5-9-19-11)16(3)20(17,18)12-7-4-8-15-13(12)14-2/h4-10H,1-3H3,(H,14,15). The summed E-state index contributed by atoms with van der Waals surface area (Å²) < 4.78 is 26.8. The Morgan fingerprint density at radius 3 is 2.70 bits per heavy atom. The third-order valence-electron chi connectivity index (χ3n) is 3.16. The summed E-state index contributed by atoms with van der Waals surface area (Å²) in [5, 5.41) is 4.76. The number of hydrogen-bond acceptors (Lipinski definition) is 5. The van der Waals surface area contributed by atoms with Gasteiger partial charge in [0.05, 0.1) is 6.04 Å². The lowest BCUT2D eigenvalue weighted by Gasteiger charge is -2.24. The molecule has 0 aliphatic rings.